The number of carbonyl (C=O) groups is 3. The smallest absolute Gasteiger partial charge is 0.412 e. The summed E-state index contributed by atoms with van der Waals surface area (Å²) >= 11 is 0. The molecule has 4 rings (SSSR count). The number of ether oxygens (including phenoxy) is 2. The predicted octanol–water partition coefficient (Wildman–Crippen LogP) is 4.17. The number of carbonyl (C=O) groups excluding carboxylic acids is 3. The highest BCUT2D eigenvalue weighted by atomic mass is 19.1. The second kappa shape index (κ2) is 10.2. The van der Waals surface area contributed by atoms with Gasteiger partial charge in [0.1, 0.15) is 17.3 Å². The molecule has 3 heterocycles. The lowest BCUT2D eigenvalue weighted by Gasteiger charge is -2.18. The van der Waals surface area contributed by atoms with Gasteiger partial charge in [-0.3, -0.25) is 14.5 Å². The van der Waals surface area contributed by atoms with Crippen LogP contribution < -0.4 is 10.2 Å². The van der Waals surface area contributed by atoms with E-state index < -0.39 is 17.9 Å². The van der Waals surface area contributed by atoms with Gasteiger partial charge >= 0.3 is 12.1 Å². The molecule has 0 aliphatic heterocycles. The molecule has 0 aliphatic carbocycles. The first-order valence-corrected chi connectivity index (χ1v) is 10.9. The molecule has 2 amide bonds. The first-order valence-electron chi connectivity index (χ1n) is 10.9. The summed E-state index contributed by atoms with van der Waals surface area (Å²) in [5.41, 5.74) is 2.39. The maximum Gasteiger partial charge on any atom is 0.412 e. The van der Waals surface area contributed by atoms with Gasteiger partial charge in [0, 0.05) is 30.7 Å². The number of nitrogens with zero attached hydrogens (tertiary/aromatic N) is 4. The molecule has 0 saturated carbocycles. The Balaban J connectivity index is 1.62. The molecule has 3 aromatic heterocycles. The van der Waals surface area contributed by atoms with Crippen molar-refractivity contribution in [3.8, 4) is 11.3 Å². The molecule has 10 nitrogen and oxygen atoms in total. The lowest BCUT2D eigenvalue weighted by molar-refractivity contribution is 0.0520. The molecular formula is C25H22FN5O5. The van der Waals surface area contributed by atoms with E-state index in [1.807, 2.05) is 0 Å². The summed E-state index contributed by atoms with van der Waals surface area (Å²) < 4.78 is 25.3. The average Bonchev–Trinajstić information content (AvgIpc) is 3.32. The zero-order valence-electron chi connectivity index (χ0n) is 19.7. The third kappa shape index (κ3) is 4.85. The minimum atomic E-state index is -0.802. The molecule has 36 heavy (non-hydrogen) atoms. The van der Waals surface area contributed by atoms with Gasteiger partial charge in [0.2, 0.25) is 0 Å². The Kier molecular flexibility index (Phi) is 6.91. The van der Waals surface area contributed by atoms with Crippen molar-refractivity contribution in [2.24, 2.45) is 0 Å². The Morgan fingerprint density at radius 3 is 2.58 bits per heavy atom. The number of esters is 1. The molecule has 0 unspecified atom stereocenters. The second-order valence-corrected chi connectivity index (χ2v) is 7.59. The van der Waals surface area contributed by atoms with Crippen molar-refractivity contribution in [1.82, 2.24) is 14.4 Å². The topological polar surface area (TPSA) is 115 Å². The number of pyridine rings is 2. The van der Waals surface area contributed by atoms with Gasteiger partial charge in [0.15, 0.2) is 0 Å². The Hall–Kier alpha value is -4.80. The summed E-state index contributed by atoms with van der Waals surface area (Å²) in [5.74, 6) is -1.60. The predicted molar refractivity (Wildman–Crippen MR) is 130 cm³/mol. The lowest BCUT2D eigenvalue weighted by Crippen LogP contribution is -2.27. The van der Waals surface area contributed by atoms with Crippen molar-refractivity contribution in [3.63, 3.8) is 0 Å². The van der Waals surface area contributed by atoms with Crippen LogP contribution in [0.5, 0.6) is 0 Å². The van der Waals surface area contributed by atoms with Crippen LogP contribution in [-0.4, -0.2) is 53.1 Å². The quantitative estimate of drug-likeness (QED) is 0.403. The third-order valence-electron chi connectivity index (χ3n) is 5.36. The summed E-state index contributed by atoms with van der Waals surface area (Å²) in [4.78, 5) is 46.5. The van der Waals surface area contributed by atoms with Crippen molar-refractivity contribution in [2.45, 2.75) is 6.92 Å². The van der Waals surface area contributed by atoms with Gasteiger partial charge in [-0.05, 0) is 49.4 Å². The van der Waals surface area contributed by atoms with Crippen molar-refractivity contribution >= 4 is 35.1 Å². The van der Waals surface area contributed by atoms with E-state index in [0.717, 1.165) is 6.07 Å². The minimum absolute atomic E-state index is 0.102. The number of halogens is 1. The van der Waals surface area contributed by atoms with Crippen LogP contribution in [0.4, 0.5) is 20.7 Å². The largest absolute Gasteiger partial charge is 0.462 e. The SMILES string of the molecule is CCOC(=O)c1cc(N(C)C(=O)c2ccc3ncc(-c4ccc(NC(=O)OC)nc4)n3c2)ccc1F. The molecule has 0 saturated heterocycles. The van der Waals surface area contributed by atoms with Gasteiger partial charge in [-0.25, -0.2) is 23.9 Å². The summed E-state index contributed by atoms with van der Waals surface area (Å²) in [6, 6.07) is 10.5. The molecule has 11 heteroatoms. The first-order chi connectivity index (χ1) is 17.3. The number of amides is 2. The normalized spacial score (nSPS) is 10.7. The Morgan fingerprint density at radius 1 is 1.08 bits per heavy atom. The highest BCUT2D eigenvalue weighted by molar-refractivity contribution is 6.06. The number of anilines is 2. The molecular weight excluding hydrogens is 469 g/mol. The van der Waals surface area contributed by atoms with Gasteiger partial charge in [-0.1, -0.05) is 0 Å². The van der Waals surface area contributed by atoms with Crippen molar-refractivity contribution in [3.05, 3.63) is 78.0 Å². The van der Waals surface area contributed by atoms with Gasteiger partial charge in [-0.15, -0.1) is 0 Å². The minimum Gasteiger partial charge on any atom is -0.462 e. The number of imidazole rings is 1. The van der Waals surface area contributed by atoms with Crippen molar-refractivity contribution < 1.29 is 28.2 Å². The maximum atomic E-state index is 14.1. The van der Waals surface area contributed by atoms with Crippen LogP contribution in [0.15, 0.2) is 61.1 Å². The average molecular weight is 491 g/mol. The Morgan fingerprint density at radius 2 is 1.89 bits per heavy atom. The van der Waals surface area contributed by atoms with Crippen LogP contribution in [0.2, 0.25) is 0 Å². The van der Waals surface area contributed by atoms with Crippen LogP contribution >= 0.6 is 0 Å². The van der Waals surface area contributed by atoms with E-state index in [9.17, 15) is 18.8 Å². The number of benzene rings is 1. The number of hydrogen-bond donors (Lipinski definition) is 1. The first kappa shape index (κ1) is 24.3. The molecule has 0 fully saturated rings. The van der Waals surface area contributed by atoms with Gasteiger partial charge < -0.3 is 14.4 Å². The molecule has 1 N–H and O–H groups in total. The van der Waals surface area contributed by atoms with E-state index in [0.29, 0.717) is 34.0 Å². The maximum absolute atomic E-state index is 14.1. The van der Waals surface area contributed by atoms with E-state index in [-0.39, 0.29) is 18.1 Å². The second-order valence-electron chi connectivity index (χ2n) is 7.59. The molecule has 0 aliphatic rings. The standard InChI is InChI=1S/C25H22FN5O5/c1-4-36-24(33)18-11-17(7-8-19(18)26)30(2)23(32)16-6-10-22-28-13-20(31(22)14-16)15-5-9-21(27-12-15)29-25(34)35-3/h5-14H,4H2,1-3H3,(H,27,29,34). The summed E-state index contributed by atoms with van der Waals surface area (Å²) in [7, 11) is 2.79. The highest BCUT2D eigenvalue weighted by Gasteiger charge is 2.20. The monoisotopic (exact) mass is 491 g/mol. The third-order valence-corrected chi connectivity index (χ3v) is 5.36. The number of nitrogens with one attached hydrogen (secondary N) is 1. The molecule has 1 aromatic carbocycles. The summed E-state index contributed by atoms with van der Waals surface area (Å²) in [5, 5.41) is 2.48. The van der Waals surface area contributed by atoms with Crippen molar-refractivity contribution in [2.75, 3.05) is 31.0 Å². The van der Waals surface area contributed by atoms with Crippen LogP contribution in [0, 0.1) is 5.82 Å². The van der Waals surface area contributed by atoms with E-state index in [4.69, 9.17) is 4.74 Å². The number of fused-ring (bicyclic) bond motifs is 1. The van der Waals surface area contributed by atoms with E-state index in [1.54, 1.807) is 54.2 Å². The van der Waals surface area contributed by atoms with E-state index in [2.05, 4.69) is 20.0 Å². The fourth-order valence-electron chi connectivity index (χ4n) is 3.49. The van der Waals surface area contributed by atoms with Crippen LogP contribution in [0.25, 0.3) is 16.9 Å². The zero-order valence-corrected chi connectivity index (χ0v) is 19.7. The summed E-state index contributed by atoms with van der Waals surface area (Å²) in [6.07, 6.45) is 4.20. The van der Waals surface area contributed by atoms with E-state index in [1.165, 1.54) is 31.2 Å². The lowest BCUT2D eigenvalue weighted by atomic mass is 10.1. The van der Waals surface area contributed by atoms with Crippen LogP contribution in [0.1, 0.15) is 27.6 Å². The van der Waals surface area contributed by atoms with Crippen LogP contribution in [0.3, 0.4) is 0 Å². The highest BCUT2D eigenvalue weighted by Crippen LogP contribution is 2.24. The van der Waals surface area contributed by atoms with Crippen LogP contribution in [-0.2, 0) is 9.47 Å². The number of rotatable bonds is 6. The van der Waals surface area contributed by atoms with E-state index >= 15 is 0 Å². The molecule has 0 atom stereocenters. The van der Waals surface area contributed by atoms with Gasteiger partial charge in [-0.2, -0.15) is 0 Å². The Labute approximate surface area is 205 Å². The molecule has 184 valence electrons. The van der Waals surface area contributed by atoms with Gasteiger partial charge in [0.25, 0.3) is 5.91 Å². The molecule has 0 spiro atoms. The molecule has 0 bridgehead atoms. The number of aromatic nitrogens is 3. The molecule has 0 radical (unpaired) electrons. The van der Waals surface area contributed by atoms with Crippen molar-refractivity contribution in [1.29, 1.82) is 0 Å². The fourth-order valence-corrected chi connectivity index (χ4v) is 3.49. The Bertz CT molecular complexity index is 1450. The number of methoxy groups -OCH3 is 1. The molecule has 4 aromatic rings. The van der Waals surface area contributed by atoms with Gasteiger partial charge in [0.05, 0.1) is 36.7 Å². The number of hydrogen-bond acceptors (Lipinski definition) is 7. The zero-order chi connectivity index (χ0) is 25.8. The fraction of sp³-hybridized carbons (Fsp3) is 0.160. The summed E-state index contributed by atoms with van der Waals surface area (Å²) in [6.45, 7) is 1.73.